The molecule has 6 heteroatoms. The van der Waals surface area contributed by atoms with E-state index >= 15 is 0 Å². The zero-order valence-corrected chi connectivity index (χ0v) is 13.8. The van der Waals surface area contributed by atoms with Crippen LogP contribution in [0.2, 0.25) is 0 Å². The van der Waals surface area contributed by atoms with Gasteiger partial charge in [0.15, 0.2) is 11.9 Å². The van der Waals surface area contributed by atoms with Crippen LogP contribution >= 0.6 is 0 Å². The van der Waals surface area contributed by atoms with E-state index in [9.17, 15) is 9.59 Å². The number of hydrogen-bond acceptors (Lipinski definition) is 4. The molecule has 0 bridgehead atoms. The normalized spacial score (nSPS) is 16.1. The number of aryl methyl sites for hydroxylation is 1. The smallest absolute Gasteiger partial charge is 0.291 e. The summed E-state index contributed by atoms with van der Waals surface area (Å²) in [4.78, 5) is 24.3. The van der Waals surface area contributed by atoms with Crippen molar-refractivity contribution in [2.24, 2.45) is 0 Å². The third-order valence-corrected chi connectivity index (χ3v) is 4.22. The van der Waals surface area contributed by atoms with Gasteiger partial charge in [0.25, 0.3) is 11.8 Å². The molecule has 25 heavy (non-hydrogen) atoms. The molecule has 0 radical (unpaired) electrons. The molecule has 2 heterocycles. The fourth-order valence-electron chi connectivity index (χ4n) is 2.87. The Morgan fingerprint density at radius 3 is 2.80 bits per heavy atom. The highest BCUT2D eigenvalue weighted by Crippen LogP contribution is 2.32. The summed E-state index contributed by atoms with van der Waals surface area (Å²) < 4.78 is 11.2. The zero-order chi connectivity index (χ0) is 17.6. The summed E-state index contributed by atoms with van der Waals surface area (Å²) >= 11 is 0. The van der Waals surface area contributed by atoms with Crippen LogP contribution in [0.25, 0.3) is 11.0 Å². The Labute approximate surface area is 143 Å². The average Bonchev–Trinajstić information content (AvgIpc) is 2.94. The lowest BCUT2D eigenvalue weighted by molar-refractivity contribution is -0.122. The van der Waals surface area contributed by atoms with Crippen molar-refractivity contribution in [2.75, 3.05) is 10.6 Å². The van der Waals surface area contributed by atoms with Gasteiger partial charge < -0.3 is 19.8 Å². The second-order valence-corrected chi connectivity index (χ2v) is 5.97. The molecule has 0 saturated carbocycles. The molecular formula is C19H16N2O4. The van der Waals surface area contributed by atoms with Crippen LogP contribution < -0.4 is 15.4 Å². The van der Waals surface area contributed by atoms with Gasteiger partial charge in [-0.1, -0.05) is 18.2 Å². The van der Waals surface area contributed by atoms with E-state index in [1.165, 1.54) is 0 Å². The number of furan rings is 1. The lowest BCUT2D eigenvalue weighted by atomic mass is 10.1. The van der Waals surface area contributed by atoms with Gasteiger partial charge in [0, 0.05) is 16.6 Å². The maximum absolute atomic E-state index is 12.6. The molecule has 4 rings (SSSR count). The standard InChI is InChI=1S/C19H16N2O4/c1-10-13-5-3-4-6-15(13)25-17(10)19(23)20-12-7-8-16-14(9-12)21-18(22)11(2)24-16/h3-9,11H,1-2H3,(H,20,23)(H,21,22). The predicted octanol–water partition coefficient (Wildman–Crippen LogP) is 3.71. The molecule has 126 valence electrons. The fourth-order valence-corrected chi connectivity index (χ4v) is 2.87. The number of para-hydroxylation sites is 1. The van der Waals surface area contributed by atoms with Crippen LogP contribution in [0.3, 0.4) is 0 Å². The molecule has 0 aliphatic carbocycles. The number of fused-ring (bicyclic) bond motifs is 2. The molecule has 0 fully saturated rings. The van der Waals surface area contributed by atoms with Crippen LogP contribution in [-0.2, 0) is 4.79 Å². The monoisotopic (exact) mass is 336 g/mol. The van der Waals surface area contributed by atoms with Crippen molar-refractivity contribution in [1.82, 2.24) is 0 Å². The van der Waals surface area contributed by atoms with E-state index < -0.39 is 6.10 Å². The zero-order valence-electron chi connectivity index (χ0n) is 13.8. The number of anilines is 2. The minimum Gasteiger partial charge on any atom is -0.479 e. The summed E-state index contributed by atoms with van der Waals surface area (Å²) in [6.07, 6.45) is -0.536. The number of amides is 2. The number of carbonyl (C=O) groups is 2. The van der Waals surface area contributed by atoms with Crippen molar-refractivity contribution in [2.45, 2.75) is 20.0 Å². The highest BCUT2D eigenvalue weighted by molar-refractivity contribution is 6.07. The molecule has 2 aromatic carbocycles. The van der Waals surface area contributed by atoms with Gasteiger partial charge in [-0.05, 0) is 38.1 Å². The Morgan fingerprint density at radius 2 is 2.00 bits per heavy atom. The number of nitrogens with one attached hydrogen (secondary N) is 2. The molecule has 1 aliphatic heterocycles. The molecular weight excluding hydrogens is 320 g/mol. The quantitative estimate of drug-likeness (QED) is 0.747. The SMILES string of the molecule is Cc1c(C(=O)Nc2ccc3c(c2)NC(=O)C(C)O3)oc2ccccc12. The first-order valence-corrected chi connectivity index (χ1v) is 7.94. The Bertz CT molecular complexity index is 1010. The lowest BCUT2D eigenvalue weighted by Crippen LogP contribution is -2.34. The minimum atomic E-state index is -0.536. The van der Waals surface area contributed by atoms with Gasteiger partial charge in [0.2, 0.25) is 0 Å². The number of benzene rings is 2. The van der Waals surface area contributed by atoms with Crippen LogP contribution in [0.4, 0.5) is 11.4 Å². The van der Waals surface area contributed by atoms with E-state index in [4.69, 9.17) is 9.15 Å². The van der Waals surface area contributed by atoms with E-state index in [1.807, 2.05) is 31.2 Å². The second-order valence-electron chi connectivity index (χ2n) is 5.97. The molecule has 1 aliphatic rings. The molecule has 6 nitrogen and oxygen atoms in total. The van der Waals surface area contributed by atoms with Crippen LogP contribution in [-0.4, -0.2) is 17.9 Å². The van der Waals surface area contributed by atoms with Gasteiger partial charge in [-0.2, -0.15) is 0 Å². The number of carbonyl (C=O) groups excluding carboxylic acids is 2. The maximum Gasteiger partial charge on any atom is 0.291 e. The number of hydrogen-bond donors (Lipinski definition) is 2. The predicted molar refractivity (Wildman–Crippen MR) is 94.1 cm³/mol. The fraction of sp³-hybridized carbons (Fsp3) is 0.158. The van der Waals surface area contributed by atoms with E-state index in [1.54, 1.807) is 25.1 Å². The largest absolute Gasteiger partial charge is 0.479 e. The van der Waals surface area contributed by atoms with Crippen LogP contribution in [0, 0.1) is 6.92 Å². The maximum atomic E-state index is 12.6. The Hall–Kier alpha value is -3.28. The minimum absolute atomic E-state index is 0.218. The van der Waals surface area contributed by atoms with Crippen LogP contribution in [0.5, 0.6) is 5.75 Å². The first-order valence-electron chi connectivity index (χ1n) is 7.94. The topological polar surface area (TPSA) is 80.6 Å². The summed E-state index contributed by atoms with van der Waals surface area (Å²) in [5.74, 6) is 0.284. The first kappa shape index (κ1) is 15.3. The third kappa shape index (κ3) is 2.61. The van der Waals surface area contributed by atoms with Gasteiger partial charge in [0.1, 0.15) is 11.3 Å². The Balaban J connectivity index is 1.61. The van der Waals surface area contributed by atoms with E-state index in [0.717, 1.165) is 10.9 Å². The molecule has 2 amide bonds. The highest BCUT2D eigenvalue weighted by Gasteiger charge is 2.24. The number of rotatable bonds is 2. The second kappa shape index (κ2) is 5.66. The highest BCUT2D eigenvalue weighted by atomic mass is 16.5. The van der Waals surface area contributed by atoms with Crippen molar-refractivity contribution < 1.29 is 18.7 Å². The van der Waals surface area contributed by atoms with Crippen molar-refractivity contribution >= 4 is 34.2 Å². The van der Waals surface area contributed by atoms with E-state index in [2.05, 4.69) is 10.6 Å². The van der Waals surface area contributed by atoms with Gasteiger partial charge in [0.05, 0.1) is 5.69 Å². The summed E-state index contributed by atoms with van der Waals surface area (Å²) in [7, 11) is 0. The average molecular weight is 336 g/mol. The van der Waals surface area contributed by atoms with Gasteiger partial charge in [-0.3, -0.25) is 9.59 Å². The van der Waals surface area contributed by atoms with E-state index in [-0.39, 0.29) is 17.6 Å². The van der Waals surface area contributed by atoms with E-state index in [0.29, 0.717) is 22.7 Å². The van der Waals surface area contributed by atoms with Crippen molar-refractivity contribution in [3.8, 4) is 5.75 Å². The molecule has 1 aromatic heterocycles. The Morgan fingerprint density at radius 1 is 1.20 bits per heavy atom. The number of ether oxygens (including phenoxy) is 1. The molecule has 3 aromatic rings. The Kier molecular flexibility index (Phi) is 3.46. The summed E-state index contributed by atoms with van der Waals surface area (Å²) in [6.45, 7) is 3.53. The van der Waals surface area contributed by atoms with Gasteiger partial charge in [-0.25, -0.2) is 0 Å². The third-order valence-electron chi connectivity index (χ3n) is 4.22. The summed E-state index contributed by atoms with van der Waals surface area (Å²) in [5.41, 5.74) is 2.53. The van der Waals surface area contributed by atoms with Gasteiger partial charge >= 0.3 is 0 Å². The molecule has 0 spiro atoms. The van der Waals surface area contributed by atoms with Crippen molar-refractivity contribution in [3.63, 3.8) is 0 Å². The van der Waals surface area contributed by atoms with Crippen LogP contribution in [0.15, 0.2) is 46.9 Å². The molecule has 0 saturated heterocycles. The summed E-state index contributed by atoms with van der Waals surface area (Å²) in [6, 6.07) is 12.6. The lowest BCUT2D eigenvalue weighted by Gasteiger charge is -2.23. The van der Waals surface area contributed by atoms with Gasteiger partial charge in [-0.15, -0.1) is 0 Å². The van der Waals surface area contributed by atoms with Crippen LogP contribution in [0.1, 0.15) is 23.0 Å². The van der Waals surface area contributed by atoms with Crippen molar-refractivity contribution in [1.29, 1.82) is 0 Å². The molecule has 1 atom stereocenters. The molecule has 1 unspecified atom stereocenters. The molecule has 2 N–H and O–H groups in total. The first-order chi connectivity index (χ1) is 12.0. The van der Waals surface area contributed by atoms with Crippen molar-refractivity contribution in [3.05, 3.63) is 53.8 Å². The summed E-state index contributed by atoms with van der Waals surface area (Å²) in [5, 5.41) is 6.46.